The summed E-state index contributed by atoms with van der Waals surface area (Å²) in [7, 11) is 0. The van der Waals surface area contributed by atoms with Gasteiger partial charge in [-0.05, 0) is 25.1 Å². The molecule has 1 aromatic heterocycles. The predicted octanol–water partition coefficient (Wildman–Crippen LogP) is 4.62. The molecule has 0 aliphatic carbocycles. The lowest BCUT2D eigenvalue weighted by Crippen LogP contribution is -1.96. The van der Waals surface area contributed by atoms with E-state index >= 15 is 0 Å². The Morgan fingerprint density at radius 2 is 1.95 bits per heavy atom. The average Bonchev–Trinajstić information content (AvgIpc) is 2.93. The van der Waals surface area contributed by atoms with Crippen LogP contribution >= 0.6 is 11.3 Å². The maximum Gasteiger partial charge on any atom is 0.348 e. The third-order valence-corrected chi connectivity index (χ3v) is 4.31. The highest BCUT2D eigenvalue weighted by molar-refractivity contribution is 7.17. The summed E-state index contributed by atoms with van der Waals surface area (Å²) in [6.45, 7) is 1.95. The molecule has 1 heterocycles. The van der Waals surface area contributed by atoms with E-state index in [4.69, 9.17) is 0 Å². The van der Waals surface area contributed by atoms with Crippen molar-refractivity contribution in [1.82, 2.24) is 4.98 Å². The summed E-state index contributed by atoms with van der Waals surface area (Å²) < 4.78 is 14.0. The van der Waals surface area contributed by atoms with Crippen LogP contribution < -0.4 is 0 Å². The molecule has 3 aromatic rings. The Morgan fingerprint density at radius 3 is 2.64 bits per heavy atom. The number of aryl methyl sites for hydroxylation is 1. The summed E-state index contributed by atoms with van der Waals surface area (Å²) in [5.74, 6) is -1.58. The van der Waals surface area contributed by atoms with Gasteiger partial charge in [-0.25, -0.2) is 14.2 Å². The van der Waals surface area contributed by atoms with Crippen LogP contribution in [0.4, 0.5) is 4.39 Å². The Kier molecular flexibility index (Phi) is 3.73. The Balaban J connectivity index is 2.19. The second-order valence-electron chi connectivity index (χ2n) is 4.85. The third kappa shape index (κ3) is 2.63. The molecule has 0 aliphatic heterocycles. The molecule has 0 saturated carbocycles. The molecule has 2 aromatic carbocycles. The second-order valence-corrected chi connectivity index (χ2v) is 5.85. The van der Waals surface area contributed by atoms with Crippen LogP contribution in [0.15, 0.2) is 48.5 Å². The van der Waals surface area contributed by atoms with Crippen molar-refractivity contribution in [3.05, 3.63) is 64.8 Å². The van der Waals surface area contributed by atoms with Crippen molar-refractivity contribution in [2.45, 2.75) is 6.92 Å². The summed E-state index contributed by atoms with van der Waals surface area (Å²) in [5, 5.41) is 9.95. The summed E-state index contributed by atoms with van der Waals surface area (Å²) in [5.41, 5.74) is 2.26. The monoisotopic (exact) mass is 313 g/mol. The van der Waals surface area contributed by atoms with Crippen molar-refractivity contribution in [2.75, 3.05) is 0 Å². The molecule has 3 nitrogen and oxygen atoms in total. The van der Waals surface area contributed by atoms with Gasteiger partial charge >= 0.3 is 5.97 Å². The third-order valence-electron chi connectivity index (χ3n) is 3.22. The van der Waals surface area contributed by atoms with Crippen LogP contribution in [0.3, 0.4) is 0 Å². The van der Waals surface area contributed by atoms with Gasteiger partial charge in [-0.2, -0.15) is 0 Å². The number of nitrogens with zero attached hydrogens (tertiary/aromatic N) is 1. The fourth-order valence-electron chi connectivity index (χ4n) is 2.20. The largest absolute Gasteiger partial charge is 0.477 e. The Morgan fingerprint density at radius 1 is 1.18 bits per heavy atom. The smallest absolute Gasteiger partial charge is 0.348 e. The lowest BCUT2D eigenvalue weighted by molar-refractivity contribution is 0.0702. The number of thiazole rings is 1. The van der Waals surface area contributed by atoms with Gasteiger partial charge in [0.2, 0.25) is 0 Å². The molecule has 0 spiro atoms. The number of benzene rings is 2. The van der Waals surface area contributed by atoms with Crippen LogP contribution in [0.2, 0.25) is 0 Å². The molecule has 5 heteroatoms. The van der Waals surface area contributed by atoms with Crippen molar-refractivity contribution in [1.29, 1.82) is 0 Å². The number of carboxylic acids is 1. The van der Waals surface area contributed by atoms with Gasteiger partial charge < -0.3 is 5.11 Å². The van der Waals surface area contributed by atoms with Crippen LogP contribution in [0, 0.1) is 12.7 Å². The van der Waals surface area contributed by atoms with Gasteiger partial charge in [0.15, 0.2) is 0 Å². The maximum atomic E-state index is 14.0. The van der Waals surface area contributed by atoms with E-state index < -0.39 is 11.8 Å². The van der Waals surface area contributed by atoms with Crippen molar-refractivity contribution in [2.24, 2.45) is 0 Å². The minimum atomic E-state index is -1.10. The molecular weight excluding hydrogens is 301 g/mol. The number of halogens is 1. The van der Waals surface area contributed by atoms with Gasteiger partial charge in [0.05, 0.1) is 5.69 Å². The van der Waals surface area contributed by atoms with E-state index in [0.717, 1.165) is 22.5 Å². The standard InChI is InChI=1S/C17H12FNO2S/c1-10-5-4-6-11(9-10)16-19-14(15(22-16)17(20)21)12-7-2-3-8-13(12)18/h2-9H,1H3,(H,20,21). The average molecular weight is 313 g/mol. The first-order valence-electron chi connectivity index (χ1n) is 6.62. The fraction of sp³-hybridized carbons (Fsp3) is 0.0588. The van der Waals surface area contributed by atoms with E-state index in [1.807, 2.05) is 31.2 Å². The number of carbonyl (C=O) groups is 1. The van der Waals surface area contributed by atoms with E-state index in [1.54, 1.807) is 12.1 Å². The SMILES string of the molecule is Cc1cccc(-c2nc(-c3ccccc3F)c(C(=O)O)s2)c1. The molecule has 1 N–H and O–H groups in total. The van der Waals surface area contributed by atoms with Crippen molar-refractivity contribution in [3.8, 4) is 21.8 Å². The first-order chi connectivity index (χ1) is 10.6. The predicted molar refractivity (Wildman–Crippen MR) is 84.6 cm³/mol. The molecule has 110 valence electrons. The van der Waals surface area contributed by atoms with Gasteiger partial charge in [0, 0.05) is 11.1 Å². The number of carboxylic acid groups (broad SMARTS) is 1. The van der Waals surface area contributed by atoms with Gasteiger partial charge in [-0.15, -0.1) is 11.3 Å². The minimum Gasteiger partial charge on any atom is -0.477 e. The molecule has 0 fully saturated rings. The first-order valence-corrected chi connectivity index (χ1v) is 7.44. The maximum absolute atomic E-state index is 14.0. The van der Waals surface area contributed by atoms with Crippen LogP contribution in [-0.2, 0) is 0 Å². The molecular formula is C17H12FNO2S. The quantitative estimate of drug-likeness (QED) is 0.767. The zero-order valence-electron chi connectivity index (χ0n) is 11.7. The highest BCUT2D eigenvalue weighted by Crippen LogP contribution is 2.35. The van der Waals surface area contributed by atoms with Crippen molar-refractivity contribution < 1.29 is 14.3 Å². The number of rotatable bonds is 3. The minimum absolute atomic E-state index is 0.0432. The van der Waals surface area contributed by atoms with Crippen molar-refractivity contribution in [3.63, 3.8) is 0 Å². The van der Waals surface area contributed by atoms with Gasteiger partial charge in [0.1, 0.15) is 15.7 Å². The summed E-state index contributed by atoms with van der Waals surface area (Å²) in [6.07, 6.45) is 0. The Hall–Kier alpha value is -2.53. The summed E-state index contributed by atoms with van der Waals surface area (Å²) in [4.78, 5) is 15.9. The summed E-state index contributed by atoms with van der Waals surface area (Å²) in [6, 6.07) is 13.7. The van der Waals surface area contributed by atoms with Gasteiger partial charge in [-0.3, -0.25) is 0 Å². The molecule has 0 atom stereocenters. The van der Waals surface area contributed by atoms with E-state index in [2.05, 4.69) is 4.98 Å². The first kappa shape index (κ1) is 14.4. The number of hydrogen-bond donors (Lipinski definition) is 1. The van der Waals surface area contributed by atoms with Crippen molar-refractivity contribution >= 4 is 17.3 Å². The number of aromatic nitrogens is 1. The zero-order valence-corrected chi connectivity index (χ0v) is 12.5. The lowest BCUT2D eigenvalue weighted by atomic mass is 10.1. The molecule has 0 amide bonds. The highest BCUT2D eigenvalue weighted by atomic mass is 32.1. The van der Waals surface area contributed by atoms with Gasteiger partial charge in [-0.1, -0.05) is 35.9 Å². The number of aromatic carboxylic acids is 1. The highest BCUT2D eigenvalue weighted by Gasteiger charge is 2.21. The molecule has 0 aliphatic rings. The van der Waals surface area contributed by atoms with E-state index in [9.17, 15) is 14.3 Å². The lowest BCUT2D eigenvalue weighted by Gasteiger charge is -2.00. The Bertz CT molecular complexity index is 857. The molecule has 0 saturated heterocycles. The summed E-state index contributed by atoms with van der Waals surface area (Å²) >= 11 is 1.06. The normalized spacial score (nSPS) is 10.6. The fourth-order valence-corrected chi connectivity index (χ4v) is 3.12. The molecule has 0 unspecified atom stereocenters. The van der Waals surface area contributed by atoms with Crippen LogP contribution in [0.5, 0.6) is 0 Å². The zero-order chi connectivity index (χ0) is 15.7. The molecule has 0 bridgehead atoms. The van der Waals surface area contributed by atoms with Crippen LogP contribution in [0.25, 0.3) is 21.8 Å². The Labute approximate surface area is 130 Å². The van der Waals surface area contributed by atoms with Gasteiger partial charge in [0.25, 0.3) is 0 Å². The van der Waals surface area contributed by atoms with E-state index in [-0.39, 0.29) is 16.1 Å². The van der Waals surface area contributed by atoms with Crippen LogP contribution in [0.1, 0.15) is 15.2 Å². The van der Waals surface area contributed by atoms with E-state index in [0.29, 0.717) is 5.01 Å². The van der Waals surface area contributed by atoms with E-state index in [1.165, 1.54) is 12.1 Å². The molecule has 3 rings (SSSR count). The molecule has 22 heavy (non-hydrogen) atoms. The topological polar surface area (TPSA) is 50.2 Å². The second kappa shape index (κ2) is 5.69. The van der Waals surface area contributed by atoms with Crippen LogP contribution in [-0.4, -0.2) is 16.1 Å². The number of hydrogen-bond acceptors (Lipinski definition) is 3. The molecule has 0 radical (unpaired) electrons.